The molecule has 2 amide bonds. The maximum Gasteiger partial charge on any atom is 0.278 e. The molecule has 0 unspecified atom stereocenters. The number of hydrogen-bond donors (Lipinski definition) is 1. The molecular weight excluding hydrogens is 413 g/mol. The fourth-order valence-corrected chi connectivity index (χ4v) is 3.42. The highest BCUT2D eigenvalue weighted by Gasteiger charge is 2.39. The molecule has 0 radical (unpaired) electrons. The third kappa shape index (κ3) is 4.15. The van der Waals surface area contributed by atoms with Gasteiger partial charge in [0.2, 0.25) is 0 Å². The molecule has 0 saturated heterocycles. The number of carbonyl (C=O) groups is 2. The standard InChI is InChI=1S/C24H20FN3O4/c1-31-19-10-18(11-20(12-19)32-2)27-22-21(16-5-7-17(25)8-6-16)23(29)28(24(22)30)14-15-4-3-9-26-13-15/h3-13,27H,14H2,1-2H3. The van der Waals surface area contributed by atoms with Gasteiger partial charge in [-0.3, -0.25) is 19.5 Å². The highest BCUT2D eigenvalue weighted by molar-refractivity contribution is 6.36. The molecule has 1 aromatic heterocycles. The Morgan fingerprint density at radius 1 is 0.969 bits per heavy atom. The first-order chi connectivity index (χ1) is 15.5. The van der Waals surface area contributed by atoms with Gasteiger partial charge in [0.05, 0.1) is 26.3 Å². The zero-order valence-electron chi connectivity index (χ0n) is 17.5. The highest BCUT2D eigenvalue weighted by atomic mass is 19.1. The van der Waals surface area contributed by atoms with E-state index in [1.165, 1.54) is 38.5 Å². The van der Waals surface area contributed by atoms with Crippen LogP contribution < -0.4 is 14.8 Å². The van der Waals surface area contributed by atoms with Crippen molar-refractivity contribution in [3.05, 3.63) is 89.6 Å². The van der Waals surface area contributed by atoms with Gasteiger partial charge in [-0.05, 0) is 29.3 Å². The van der Waals surface area contributed by atoms with E-state index < -0.39 is 17.6 Å². The van der Waals surface area contributed by atoms with Crippen molar-refractivity contribution in [2.45, 2.75) is 6.54 Å². The van der Waals surface area contributed by atoms with E-state index in [4.69, 9.17) is 9.47 Å². The number of hydrogen-bond acceptors (Lipinski definition) is 6. The Labute approximate surface area is 184 Å². The molecular formula is C24H20FN3O4. The van der Waals surface area contributed by atoms with Gasteiger partial charge in [-0.1, -0.05) is 18.2 Å². The van der Waals surface area contributed by atoms with Crippen molar-refractivity contribution >= 4 is 23.1 Å². The van der Waals surface area contributed by atoms with Crippen LogP contribution in [0.3, 0.4) is 0 Å². The first-order valence-electron chi connectivity index (χ1n) is 9.75. The second kappa shape index (κ2) is 8.89. The van der Waals surface area contributed by atoms with Crippen molar-refractivity contribution in [2.75, 3.05) is 19.5 Å². The van der Waals surface area contributed by atoms with Crippen LogP contribution >= 0.6 is 0 Å². The molecule has 0 fully saturated rings. The fraction of sp³-hybridized carbons (Fsp3) is 0.125. The molecule has 32 heavy (non-hydrogen) atoms. The minimum absolute atomic E-state index is 0.0583. The molecule has 7 nitrogen and oxygen atoms in total. The number of pyridine rings is 1. The smallest absolute Gasteiger partial charge is 0.278 e. The summed E-state index contributed by atoms with van der Waals surface area (Å²) in [6.45, 7) is 0.0583. The molecule has 1 aliphatic heterocycles. The molecule has 0 atom stereocenters. The number of carbonyl (C=O) groups excluding carboxylic acids is 2. The number of nitrogens with zero attached hydrogens (tertiary/aromatic N) is 2. The van der Waals surface area contributed by atoms with Crippen LogP contribution in [0.5, 0.6) is 11.5 Å². The number of methoxy groups -OCH3 is 2. The summed E-state index contributed by atoms with van der Waals surface area (Å²) < 4.78 is 24.1. The lowest BCUT2D eigenvalue weighted by Crippen LogP contribution is -2.32. The molecule has 2 heterocycles. The number of imide groups is 1. The molecule has 4 rings (SSSR count). The van der Waals surface area contributed by atoms with E-state index in [1.54, 1.807) is 42.7 Å². The third-order valence-corrected chi connectivity index (χ3v) is 4.99. The van der Waals surface area contributed by atoms with Gasteiger partial charge in [0.25, 0.3) is 11.8 Å². The van der Waals surface area contributed by atoms with Crippen LogP contribution in [0.1, 0.15) is 11.1 Å². The molecule has 1 aliphatic rings. The maximum atomic E-state index is 13.5. The van der Waals surface area contributed by atoms with Crippen LogP contribution in [-0.2, 0) is 16.1 Å². The number of benzene rings is 2. The highest BCUT2D eigenvalue weighted by Crippen LogP contribution is 2.33. The number of aromatic nitrogens is 1. The van der Waals surface area contributed by atoms with Crippen LogP contribution in [0.25, 0.3) is 5.57 Å². The minimum atomic E-state index is -0.500. The molecule has 8 heteroatoms. The van der Waals surface area contributed by atoms with Crippen LogP contribution in [0.2, 0.25) is 0 Å². The van der Waals surface area contributed by atoms with E-state index in [0.717, 1.165) is 4.90 Å². The van der Waals surface area contributed by atoms with Crippen molar-refractivity contribution in [1.29, 1.82) is 0 Å². The third-order valence-electron chi connectivity index (χ3n) is 4.99. The average molecular weight is 433 g/mol. The van der Waals surface area contributed by atoms with Crippen molar-refractivity contribution in [1.82, 2.24) is 9.88 Å². The summed E-state index contributed by atoms with van der Waals surface area (Å²) in [5, 5.41) is 3.05. The molecule has 0 spiro atoms. The zero-order chi connectivity index (χ0) is 22.7. The van der Waals surface area contributed by atoms with E-state index >= 15 is 0 Å². The Balaban J connectivity index is 1.76. The van der Waals surface area contributed by atoms with E-state index in [-0.39, 0.29) is 17.8 Å². The summed E-state index contributed by atoms with van der Waals surface area (Å²) in [6, 6.07) is 14.0. The monoisotopic (exact) mass is 433 g/mol. The van der Waals surface area contributed by atoms with E-state index in [9.17, 15) is 14.0 Å². The van der Waals surface area contributed by atoms with Crippen LogP contribution in [0.4, 0.5) is 10.1 Å². The lowest BCUT2D eigenvalue weighted by molar-refractivity contribution is -0.137. The Morgan fingerprint density at radius 3 is 2.25 bits per heavy atom. The maximum absolute atomic E-state index is 13.5. The molecule has 0 aliphatic carbocycles. The molecule has 0 bridgehead atoms. The molecule has 2 aromatic carbocycles. The van der Waals surface area contributed by atoms with Crippen molar-refractivity contribution in [3.63, 3.8) is 0 Å². The minimum Gasteiger partial charge on any atom is -0.497 e. The number of nitrogens with one attached hydrogen (secondary N) is 1. The fourth-order valence-electron chi connectivity index (χ4n) is 3.42. The summed E-state index contributed by atoms with van der Waals surface area (Å²) in [4.78, 5) is 31.8. The molecule has 0 saturated carbocycles. The van der Waals surface area contributed by atoms with E-state index in [1.807, 2.05) is 0 Å². The first-order valence-corrected chi connectivity index (χ1v) is 9.75. The quantitative estimate of drug-likeness (QED) is 0.573. The number of halogens is 1. The topological polar surface area (TPSA) is 80.8 Å². The van der Waals surface area contributed by atoms with Crippen LogP contribution in [-0.4, -0.2) is 35.9 Å². The number of rotatable bonds is 7. The number of anilines is 1. The summed E-state index contributed by atoms with van der Waals surface area (Å²) in [5.41, 5.74) is 1.87. The normalized spacial score (nSPS) is 13.5. The largest absolute Gasteiger partial charge is 0.497 e. The van der Waals surface area contributed by atoms with Gasteiger partial charge in [0.15, 0.2) is 0 Å². The second-order valence-corrected chi connectivity index (χ2v) is 7.04. The van der Waals surface area contributed by atoms with E-state index in [0.29, 0.717) is 28.3 Å². The summed E-state index contributed by atoms with van der Waals surface area (Å²) in [6.07, 6.45) is 3.21. The molecule has 1 N–H and O–H groups in total. The van der Waals surface area contributed by atoms with E-state index in [2.05, 4.69) is 10.3 Å². The average Bonchev–Trinajstić information content (AvgIpc) is 3.04. The van der Waals surface area contributed by atoms with Gasteiger partial charge in [0.1, 0.15) is 23.0 Å². The van der Waals surface area contributed by atoms with Crippen LogP contribution in [0.15, 0.2) is 72.7 Å². The Hall–Kier alpha value is -4.20. The second-order valence-electron chi connectivity index (χ2n) is 7.04. The Morgan fingerprint density at radius 2 is 1.66 bits per heavy atom. The van der Waals surface area contributed by atoms with Gasteiger partial charge in [-0.25, -0.2) is 4.39 Å². The predicted molar refractivity (Wildman–Crippen MR) is 116 cm³/mol. The molecule has 162 valence electrons. The lowest BCUT2D eigenvalue weighted by Gasteiger charge is -2.15. The zero-order valence-corrected chi connectivity index (χ0v) is 17.5. The van der Waals surface area contributed by atoms with Gasteiger partial charge in [0, 0.05) is 36.3 Å². The number of ether oxygens (including phenoxy) is 2. The van der Waals surface area contributed by atoms with Crippen molar-refractivity contribution < 1.29 is 23.5 Å². The van der Waals surface area contributed by atoms with Crippen molar-refractivity contribution in [2.24, 2.45) is 0 Å². The van der Waals surface area contributed by atoms with Gasteiger partial charge in [-0.15, -0.1) is 0 Å². The number of amides is 2. The Bertz CT molecular complexity index is 1170. The first kappa shape index (κ1) is 21.0. The van der Waals surface area contributed by atoms with Crippen LogP contribution in [0, 0.1) is 5.82 Å². The van der Waals surface area contributed by atoms with Gasteiger partial charge in [-0.2, -0.15) is 0 Å². The SMILES string of the molecule is COc1cc(NC2=C(c3ccc(F)cc3)C(=O)N(Cc3cccnc3)C2=O)cc(OC)c1. The summed E-state index contributed by atoms with van der Waals surface area (Å²) >= 11 is 0. The van der Waals surface area contributed by atoms with Gasteiger partial charge < -0.3 is 14.8 Å². The Kier molecular flexibility index (Phi) is 5.85. The van der Waals surface area contributed by atoms with Crippen molar-refractivity contribution in [3.8, 4) is 11.5 Å². The van der Waals surface area contributed by atoms with Gasteiger partial charge >= 0.3 is 0 Å². The predicted octanol–water partition coefficient (Wildman–Crippen LogP) is 3.63. The summed E-state index contributed by atoms with van der Waals surface area (Å²) in [7, 11) is 3.03. The lowest BCUT2D eigenvalue weighted by atomic mass is 10.0. The summed E-state index contributed by atoms with van der Waals surface area (Å²) in [5.74, 6) is -0.396. The molecule has 3 aromatic rings.